The molecule has 0 spiro atoms. The maximum Gasteiger partial charge on any atom is 0.303 e. The molecule has 1 aromatic rings. The third-order valence-electron chi connectivity index (χ3n) is 3.37. The quantitative estimate of drug-likeness (QED) is 0.710. The van der Waals surface area contributed by atoms with Crippen LogP contribution in [0.15, 0.2) is 24.3 Å². The van der Waals surface area contributed by atoms with Crippen LogP contribution in [0.4, 0.5) is 5.69 Å². The summed E-state index contributed by atoms with van der Waals surface area (Å²) in [6.07, 6.45) is 3.90. The molecule has 0 bridgehead atoms. The van der Waals surface area contributed by atoms with Crippen molar-refractivity contribution in [2.45, 2.75) is 38.5 Å². The van der Waals surface area contributed by atoms with Crippen LogP contribution in [0.3, 0.4) is 0 Å². The second-order valence-corrected chi connectivity index (χ2v) is 4.96. The van der Waals surface area contributed by atoms with Crippen molar-refractivity contribution in [2.75, 3.05) is 19.1 Å². The third-order valence-corrected chi connectivity index (χ3v) is 3.37. The van der Waals surface area contributed by atoms with Crippen LogP contribution in [0.2, 0.25) is 0 Å². The maximum atomic E-state index is 12.0. The molecule has 1 amide bonds. The second-order valence-electron chi connectivity index (χ2n) is 4.96. The number of rotatable bonds is 9. The normalized spacial score (nSPS) is 10.2. The van der Waals surface area contributed by atoms with E-state index in [9.17, 15) is 9.59 Å². The second kappa shape index (κ2) is 9.00. The van der Waals surface area contributed by atoms with Crippen LogP contribution in [-0.2, 0) is 9.59 Å². The van der Waals surface area contributed by atoms with Crippen molar-refractivity contribution >= 4 is 17.6 Å². The highest BCUT2D eigenvalue weighted by molar-refractivity contribution is 5.92. The highest BCUT2D eigenvalue weighted by atomic mass is 16.5. The lowest BCUT2D eigenvalue weighted by Crippen LogP contribution is -2.25. The van der Waals surface area contributed by atoms with E-state index in [1.54, 1.807) is 19.1 Å². The van der Waals surface area contributed by atoms with Gasteiger partial charge in [0.05, 0.1) is 7.11 Å². The topological polar surface area (TPSA) is 66.8 Å². The first-order chi connectivity index (χ1) is 10.0. The van der Waals surface area contributed by atoms with Crippen molar-refractivity contribution in [3.05, 3.63) is 24.3 Å². The SMILES string of the molecule is COc1ccc(N(C)C(=O)CCCCCCC(=O)O)cc1. The van der Waals surface area contributed by atoms with Crippen molar-refractivity contribution in [3.8, 4) is 5.75 Å². The largest absolute Gasteiger partial charge is 0.497 e. The zero-order valence-electron chi connectivity index (χ0n) is 12.7. The van der Waals surface area contributed by atoms with Crippen LogP contribution in [0.25, 0.3) is 0 Å². The molecule has 0 saturated carbocycles. The summed E-state index contributed by atoms with van der Waals surface area (Å²) < 4.78 is 5.08. The third kappa shape index (κ3) is 6.29. The fourth-order valence-electron chi connectivity index (χ4n) is 2.02. The van der Waals surface area contributed by atoms with E-state index in [2.05, 4.69) is 0 Å². The molecule has 0 heterocycles. The summed E-state index contributed by atoms with van der Waals surface area (Å²) in [7, 11) is 3.36. The number of methoxy groups -OCH3 is 1. The average molecular weight is 293 g/mol. The van der Waals surface area contributed by atoms with Crippen LogP contribution in [-0.4, -0.2) is 31.1 Å². The number of ether oxygens (including phenoxy) is 1. The van der Waals surface area contributed by atoms with Gasteiger partial charge in [-0.3, -0.25) is 9.59 Å². The zero-order valence-corrected chi connectivity index (χ0v) is 12.7. The van der Waals surface area contributed by atoms with Gasteiger partial charge in [-0.2, -0.15) is 0 Å². The average Bonchev–Trinajstić information content (AvgIpc) is 2.49. The fourth-order valence-corrected chi connectivity index (χ4v) is 2.02. The molecular weight excluding hydrogens is 270 g/mol. The van der Waals surface area contributed by atoms with Gasteiger partial charge in [0.2, 0.25) is 5.91 Å². The van der Waals surface area contributed by atoms with Gasteiger partial charge >= 0.3 is 5.97 Å². The van der Waals surface area contributed by atoms with E-state index in [4.69, 9.17) is 9.84 Å². The van der Waals surface area contributed by atoms with E-state index in [1.165, 1.54) is 0 Å². The van der Waals surface area contributed by atoms with Crippen molar-refractivity contribution in [3.63, 3.8) is 0 Å². The minimum Gasteiger partial charge on any atom is -0.497 e. The predicted octanol–water partition coefficient (Wildman–Crippen LogP) is 3.08. The Bertz CT molecular complexity index is 456. The number of carbonyl (C=O) groups is 2. The molecule has 5 heteroatoms. The van der Waals surface area contributed by atoms with Gasteiger partial charge in [-0.1, -0.05) is 12.8 Å². The van der Waals surface area contributed by atoms with Crippen molar-refractivity contribution < 1.29 is 19.4 Å². The molecular formula is C16H23NO4. The van der Waals surface area contributed by atoms with Gasteiger partial charge in [0, 0.05) is 25.6 Å². The molecule has 5 nitrogen and oxygen atoms in total. The Labute approximate surface area is 125 Å². The van der Waals surface area contributed by atoms with E-state index in [0.29, 0.717) is 12.8 Å². The minimum atomic E-state index is -0.759. The Hall–Kier alpha value is -2.04. The molecule has 0 saturated heterocycles. The minimum absolute atomic E-state index is 0.0680. The number of anilines is 1. The van der Waals surface area contributed by atoms with Gasteiger partial charge in [-0.05, 0) is 37.1 Å². The molecule has 0 unspecified atom stereocenters. The summed E-state index contributed by atoms with van der Waals surface area (Å²) in [6.45, 7) is 0. The maximum absolute atomic E-state index is 12.0. The zero-order chi connectivity index (χ0) is 15.7. The number of carbonyl (C=O) groups excluding carboxylic acids is 1. The molecule has 116 valence electrons. The molecule has 0 aromatic heterocycles. The molecule has 1 N–H and O–H groups in total. The first kappa shape index (κ1) is 17.0. The first-order valence-corrected chi connectivity index (χ1v) is 7.17. The summed E-state index contributed by atoms with van der Waals surface area (Å²) in [5.74, 6) is 0.0711. The molecule has 0 aliphatic heterocycles. The lowest BCUT2D eigenvalue weighted by Gasteiger charge is -2.17. The summed E-state index contributed by atoms with van der Waals surface area (Å²) in [5.41, 5.74) is 0.840. The molecule has 21 heavy (non-hydrogen) atoms. The summed E-state index contributed by atoms with van der Waals surface area (Å²) in [6, 6.07) is 7.35. The Morgan fingerprint density at radius 2 is 1.62 bits per heavy atom. The Balaban J connectivity index is 2.28. The van der Waals surface area contributed by atoms with Crippen LogP contribution in [0, 0.1) is 0 Å². The van der Waals surface area contributed by atoms with E-state index in [0.717, 1.165) is 30.7 Å². The van der Waals surface area contributed by atoms with Gasteiger partial charge in [-0.25, -0.2) is 0 Å². The van der Waals surface area contributed by atoms with Gasteiger partial charge in [0.1, 0.15) is 5.75 Å². The van der Waals surface area contributed by atoms with Crippen molar-refractivity contribution in [1.82, 2.24) is 0 Å². The Kier molecular flexibility index (Phi) is 7.29. The highest BCUT2D eigenvalue weighted by Gasteiger charge is 2.10. The molecule has 0 atom stereocenters. The van der Waals surface area contributed by atoms with Crippen molar-refractivity contribution in [1.29, 1.82) is 0 Å². The van der Waals surface area contributed by atoms with Crippen LogP contribution in [0.5, 0.6) is 5.75 Å². The van der Waals surface area contributed by atoms with Gasteiger partial charge in [0.15, 0.2) is 0 Å². The lowest BCUT2D eigenvalue weighted by molar-refractivity contribution is -0.137. The van der Waals surface area contributed by atoms with Crippen LogP contribution >= 0.6 is 0 Å². The molecule has 0 aliphatic rings. The summed E-state index contributed by atoms with van der Waals surface area (Å²) in [5, 5.41) is 8.52. The Morgan fingerprint density at radius 3 is 2.14 bits per heavy atom. The molecule has 1 rings (SSSR count). The number of nitrogens with zero attached hydrogens (tertiary/aromatic N) is 1. The van der Waals surface area contributed by atoms with Gasteiger partial charge in [0.25, 0.3) is 0 Å². The monoisotopic (exact) mass is 293 g/mol. The number of unbranched alkanes of at least 4 members (excludes halogenated alkanes) is 3. The van der Waals surface area contributed by atoms with E-state index in [1.807, 2.05) is 24.3 Å². The van der Waals surface area contributed by atoms with Crippen LogP contribution in [0.1, 0.15) is 38.5 Å². The van der Waals surface area contributed by atoms with Crippen LogP contribution < -0.4 is 9.64 Å². The number of aliphatic carboxylic acids is 1. The summed E-state index contributed by atoms with van der Waals surface area (Å²) in [4.78, 5) is 24.0. The molecule has 0 radical (unpaired) electrons. The number of benzene rings is 1. The van der Waals surface area contributed by atoms with E-state index in [-0.39, 0.29) is 12.3 Å². The smallest absolute Gasteiger partial charge is 0.303 e. The molecule has 0 aliphatic carbocycles. The highest BCUT2D eigenvalue weighted by Crippen LogP contribution is 2.19. The lowest BCUT2D eigenvalue weighted by atomic mass is 10.1. The standard InChI is InChI=1S/C16H23NO4/c1-17(13-9-11-14(21-2)12-10-13)15(18)7-5-3-4-6-8-16(19)20/h9-12H,3-8H2,1-2H3,(H,19,20). The van der Waals surface area contributed by atoms with Crippen molar-refractivity contribution in [2.24, 2.45) is 0 Å². The van der Waals surface area contributed by atoms with Gasteiger partial charge < -0.3 is 14.7 Å². The summed E-state index contributed by atoms with van der Waals surface area (Å²) >= 11 is 0. The van der Waals surface area contributed by atoms with Gasteiger partial charge in [-0.15, -0.1) is 0 Å². The number of hydrogen-bond acceptors (Lipinski definition) is 3. The van der Waals surface area contributed by atoms with E-state index >= 15 is 0 Å². The number of carboxylic acids is 1. The molecule has 1 aromatic carbocycles. The molecule has 0 fully saturated rings. The number of carboxylic acid groups (broad SMARTS) is 1. The Morgan fingerprint density at radius 1 is 1.05 bits per heavy atom. The number of amides is 1. The number of hydrogen-bond donors (Lipinski definition) is 1. The predicted molar refractivity (Wildman–Crippen MR) is 81.7 cm³/mol. The first-order valence-electron chi connectivity index (χ1n) is 7.17. The van der Waals surface area contributed by atoms with E-state index < -0.39 is 5.97 Å². The fraction of sp³-hybridized carbons (Fsp3) is 0.500.